The van der Waals surface area contributed by atoms with E-state index in [1.165, 1.54) is 48.5 Å². The van der Waals surface area contributed by atoms with E-state index in [9.17, 15) is 23.1 Å². The van der Waals surface area contributed by atoms with Gasteiger partial charge in [-0.05, 0) is 24.3 Å². The Bertz CT molecular complexity index is 674. The van der Waals surface area contributed by atoms with E-state index in [2.05, 4.69) is 4.74 Å². The number of carbonyl (C=O) groups is 1. The molecule has 0 spiro atoms. The SMILES string of the molecule is COC(=O)c1ccccc1N(c1ccccc1)C(O)C(F)(F)F. The predicted molar refractivity (Wildman–Crippen MR) is 78.4 cm³/mol. The molecule has 0 fully saturated rings. The molecule has 0 bridgehead atoms. The first kappa shape index (κ1) is 16.8. The highest BCUT2D eigenvalue weighted by atomic mass is 19.4. The second-order valence-corrected chi connectivity index (χ2v) is 4.63. The lowest BCUT2D eigenvalue weighted by molar-refractivity contribution is -0.200. The van der Waals surface area contributed by atoms with E-state index in [1.54, 1.807) is 6.07 Å². The molecule has 0 aliphatic carbocycles. The van der Waals surface area contributed by atoms with E-state index in [1.807, 2.05) is 0 Å². The summed E-state index contributed by atoms with van der Waals surface area (Å²) in [5.74, 6) is -0.795. The van der Waals surface area contributed by atoms with Crippen LogP contribution >= 0.6 is 0 Å². The van der Waals surface area contributed by atoms with Gasteiger partial charge < -0.3 is 14.7 Å². The Hall–Kier alpha value is -2.54. The standard InChI is InChI=1S/C16H14F3NO3/c1-23-14(21)12-9-5-6-10-13(12)20(15(22)16(17,18)19)11-7-3-2-4-8-11/h2-10,15,22H,1H3. The number of hydrogen-bond acceptors (Lipinski definition) is 4. The summed E-state index contributed by atoms with van der Waals surface area (Å²) in [6.45, 7) is 0. The lowest BCUT2D eigenvalue weighted by atomic mass is 10.1. The average molecular weight is 325 g/mol. The first-order chi connectivity index (χ1) is 10.9. The first-order valence-corrected chi connectivity index (χ1v) is 6.62. The number of anilines is 2. The Morgan fingerprint density at radius 3 is 2.22 bits per heavy atom. The number of aliphatic hydroxyl groups excluding tert-OH is 1. The number of para-hydroxylation sites is 2. The molecule has 0 saturated heterocycles. The van der Waals surface area contributed by atoms with Crippen LogP contribution in [0.2, 0.25) is 0 Å². The van der Waals surface area contributed by atoms with Crippen LogP contribution in [-0.2, 0) is 4.74 Å². The van der Waals surface area contributed by atoms with Crippen molar-refractivity contribution in [1.82, 2.24) is 0 Å². The van der Waals surface area contributed by atoms with E-state index < -0.39 is 18.4 Å². The molecular formula is C16H14F3NO3. The molecule has 23 heavy (non-hydrogen) atoms. The van der Waals surface area contributed by atoms with Crippen molar-refractivity contribution in [3.05, 3.63) is 60.2 Å². The largest absolute Gasteiger partial charge is 0.465 e. The highest BCUT2D eigenvalue weighted by molar-refractivity contribution is 5.97. The third-order valence-electron chi connectivity index (χ3n) is 3.14. The molecule has 1 atom stereocenters. The number of ether oxygens (including phenoxy) is 1. The van der Waals surface area contributed by atoms with Gasteiger partial charge in [-0.15, -0.1) is 0 Å². The quantitative estimate of drug-likeness (QED) is 0.690. The summed E-state index contributed by atoms with van der Waals surface area (Å²) in [6.07, 6.45) is -7.71. The van der Waals surface area contributed by atoms with Gasteiger partial charge in [0.15, 0.2) is 0 Å². The van der Waals surface area contributed by atoms with Crippen LogP contribution in [0.15, 0.2) is 54.6 Å². The molecule has 1 unspecified atom stereocenters. The van der Waals surface area contributed by atoms with Gasteiger partial charge in [-0.2, -0.15) is 13.2 Å². The number of alkyl halides is 3. The fourth-order valence-electron chi connectivity index (χ4n) is 2.11. The minimum absolute atomic E-state index is 0.0813. The van der Waals surface area contributed by atoms with Crippen molar-refractivity contribution in [2.24, 2.45) is 0 Å². The Labute approximate surface area is 130 Å². The van der Waals surface area contributed by atoms with Crippen LogP contribution in [0.4, 0.5) is 24.5 Å². The van der Waals surface area contributed by atoms with Gasteiger partial charge in [-0.1, -0.05) is 30.3 Å². The molecule has 2 rings (SSSR count). The number of halogens is 3. The molecule has 1 N–H and O–H groups in total. The average Bonchev–Trinajstić information content (AvgIpc) is 2.55. The Balaban J connectivity index is 2.62. The van der Waals surface area contributed by atoms with Crippen molar-refractivity contribution < 1.29 is 27.8 Å². The lowest BCUT2D eigenvalue weighted by Gasteiger charge is -2.32. The number of rotatable bonds is 4. The van der Waals surface area contributed by atoms with Crippen molar-refractivity contribution in [3.8, 4) is 0 Å². The Morgan fingerprint density at radius 2 is 1.65 bits per heavy atom. The summed E-state index contributed by atoms with van der Waals surface area (Å²) in [6, 6.07) is 13.1. The van der Waals surface area contributed by atoms with E-state index in [0.29, 0.717) is 4.90 Å². The van der Waals surface area contributed by atoms with Crippen molar-refractivity contribution in [2.75, 3.05) is 12.0 Å². The topological polar surface area (TPSA) is 49.8 Å². The fourth-order valence-corrected chi connectivity index (χ4v) is 2.11. The minimum Gasteiger partial charge on any atom is -0.465 e. The zero-order chi connectivity index (χ0) is 17.0. The van der Waals surface area contributed by atoms with Crippen molar-refractivity contribution in [3.63, 3.8) is 0 Å². The molecular weight excluding hydrogens is 311 g/mol. The summed E-state index contributed by atoms with van der Waals surface area (Å²) in [5.41, 5.74) is -0.0915. The highest BCUT2D eigenvalue weighted by Gasteiger charge is 2.44. The molecule has 2 aromatic rings. The molecule has 0 aliphatic heterocycles. The third kappa shape index (κ3) is 3.62. The van der Waals surface area contributed by atoms with Gasteiger partial charge >= 0.3 is 12.1 Å². The molecule has 122 valence electrons. The molecule has 0 heterocycles. The Morgan fingerprint density at radius 1 is 1.09 bits per heavy atom. The molecule has 4 nitrogen and oxygen atoms in total. The molecule has 0 amide bonds. The fraction of sp³-hybridized carbons (Fsp3) is 0.188. The van der Waals surface area contributed by atoms with E-state index >= 15 is 0 Å². The van der Waals surface area contributed by atoms with Crippen molar-refractivity contribution in [1.29, 1.82) is 0 Å². The van der Waals surface area contributed by atoms with Gasteiger partial charge in [-0.25, -0.2) is 4.79 Å². The number of nitrogens with zero attached hydrogens (tertiary/aromatic N) is 1. The summed E-state index contributed by atoms with van der Waals surface area (Å²) in [7, 11) is 1.13. The summed E-state index contributed by atoms with van der Waals surface area (Å²) in [4.78, 5) is 12.5. The van der Waals surface area contributed by atoms with E-state index in [-0.39, 0.29) is 16.9 Å². The van der Waals surface area contributed by atoms with Gasteiger partial charge in [0.1, 0.15) is 0 Å². The maximum atomic E-state index is 13.1. The van der Waals surface area contributed by atoms with Crippen molar-refractivity contribution in [2.45, 2.75) is 12.4 Å². The number of benzene rings is 2. The minimum atomic E-state index is -4.90. The molecule has 2 aromatic carbocycles. The van der Waals surface area contributed by atoms with Crippen LogP contribution in [0.25, 0.3) is 0 Å². The molecule has 0 aliphatic rings. The second kappa shape index (κ2) is 6.70. The summed E-state index contributed by atoms with van der Waals surface area (Å²) in [5, 5.41) is 9.78. The van der Waals surface area contributed by atoms with Gasteiger partial charge in [-0.3, -0.25) is 0 Å². The van der Waals surface area contributed by atoms with Gasteiger partial charge in [0.25, 0.3) is 0 Å². The number of esters is 1. The van der Waals surface area contributed by atoms with Crippen LogP contribution in [0, 0.1) is 0 Å². The van der Waals surface area contributed by atoms with Crippen molar-refractivity contribution >= 4 is 17.3 Å². The van der Waals surface area contributed by atoms with Crippen LogP contribution < -0.4 is 4.90 Å². The number of aliphatic hydroxyl groups is 1. The molecule has 0 radical (unpaired) electrons. The normalized spacial score (nSPS) is 12.6. The number of carbonyl (C=O) groups excluding carboxylic acids is 1. The third-order valence-corrected chi connectivity index (χ3v) is 3.14. The molecule has 7 heteroatoms. The van der Waals surface area contributed by atoms with Gasteiger partial charge in [0.2, 0.25) is 6.23 Å². The zero-order valence-corrected chi connectivity index (χ0v) is 12.1. The van der Waals surface area contributed by atoms with E-state index in [0.717, 1.165) is 7.11 Å². The second-order valence-electron chi connectivity index (χ2n) is 4.63. The number of hydrogen-bond donors (Lipinski definition) is 1. The van der Waals surface area contributed by atoms with Crippen LogP contribution in [0.5, 0.6) is 0 Å². The zero-order valence-electron chi connectivity index (χ0n) is 12.1. The monoisotopic (exact) mass is 325 g/mol. The smallest absolute Gasteiger partial charge is 0.433 e. The maximum absolute atomic E-state index is 13.1. The Kier molecular flexibility index (Phi) is 4.90. The lowest BCUT2D eigenvalue weighted by Crippen LogP contribution is -2.43. The molecule has 0 aromatic heterocycles. The van der Waals surface area contributed by atoms with E-state index in [4.69, 9.17) is 0 Å². The first-order valence-electron chi connectivity index (χ1n) is 6.62. The van der Waals surface area contributed by atoms with Gasteiger partial charge in [0, 0.05) is 5.69 Å². The van der Waals surface area contributed by atoms with Gasteiger partial charge in [0.05, 0.1) is 18.4 Å². The van der Waals surface area contributed by atoms with Crippen LogP contribution in [0.1, 0.15) is 10.4 Å². The maximum Gasteiger partial charge on any atom is 0.433 e. The highest BCUT2D eigenvalue weighted by Crippen LogP contribution is 2.35. The molecule has 0 saturated carbocycles. The van der Waals surface area contributed by atoms with Crippen LogP contribution in [0.3, 0.4) is 0 Å². The summed E-state index contributed by atoms with van der Waals surface area (Å²) < 4.78 is 43.8. The van der Waals surface area contributed by atoms with Crippen LogP contribution in [-0.4, -0.2) is 30.6 Å². The number of methoxy groups -OCH3 is 1. The predicted octanol–water partition coefficient (Wildman–Crippen LogP) is 3.49. The summed E-state index contributed by atoms with van der Waals surface area (Å²) >= 11 is 0.